The van der Waals surface area contributed by atoms with Crippen molar-refractivity contribution in [2.75, 3.05) is 6.61 Å². The summed E-state index contributed by atoms with van der Waals surface area (Å²) < 4.78 is 5.70. The van der Waals surface area contributed by atoms with E-state index in [2.05, 4.69) is 9.97 Å². The summed E-state index contributed by atoms with van der Waals surface area (Å²) in [5.41, 5.74) is 1.91. The third-order valence-electron chi connectivity index (χ3n) is 2.97. The molecule has 0 atom stereocenters. The maximum absolute atomic E-state index is 5.91. The van der Waals surface area contributed by atoms with Gasteiger partial charge in [0.25, 0.3) is 0 Å². The summed E-state index contributed by atoms with van der Waals surface area (Å²) in [5.74, 6) is 0.503. The van der Waals surface area contributed by atoms with E-state index in [0.29, 0.717) is 12.5 Å². The molecule has 3 rings (SSSR count). The van der Waals surface area contributed by atoms with Crippen LogP contribution in [0.2, 0.25) is 5.28 Å². The van der Waals surface area contributed by atoms with Crippen LogP contribution < -0.4 is 4.74 Å². The second-order valence-electron chi connectivity index (χ2n) is 4.44. The van der Waals surface area contributed by atoms with E-state index >= 15 is 0 Å². The molecule has 4 heteroatoms. The number of nitrogens with zero attached hydrogens (tertiary/aromatic N) is 2. The first-order chi connectivity index (χ1) is 10.3. The maximum Gasteiger partial charge on any atom is 0.226 e. The fourth-order valence-corrected chi connectivity index (χ4v) is 2.17. The van der Waals surface area contributed by atoms with Crippen molar-refractivity contribution in [3.63, 3.8) is 0 Å². The fourth-order valence-electron chi connectivity index (χ4n) is 2.01. The molecule has 104 valence electrons. The summed E-state index contributed by atoms with van der Waals surface area (Å²) in [7, 11) is 0. The van der Waals surface area contributed by atoms with Gasteiger partial charge in [-0.15, -0.1) is 0 Å². The molecule has 0 unspecified atom stereocenters. The van der Waals surface area contributed by atoms with Crippen molar-refractivity contribution in [1.29, 1.82) is 0 Å². The Bertz CT molecular complexity index is 772. The van der Waals surface area contributed by atoms with Crippen molar-refractivity contribution in [1.82, 2.24) is 9.97 Å². The largest absolute Gasteiger partial charge is 0.473 e. The lowest BCUT2D eigenvalue weighted by molar-refractivity contribution is 0.353. The van der Waals surface area contributed by atoms with Crippen molar-refractivity contribution in [3.8, 4) is 5.88 Å². The summed E-state index contributed by atoms with van der Waals surface area (Å²) in [6.45, 7) is 0.423. The van der Waals surface area contributed by atoms with Crippen LogP contribution >= 0.6 is 11.6 Å². The van der Waals surface area contributed by atoms with Gasteiger partial charge in [-0.05, 0) is 35.4 Å². The molecule has 21 heavy (non-hydrogen) atoms. The number of halogens is 1. The van der Waals surface area contributed by atoms with E-state index < -0.39 is 0 Å². The lowest BCUT2D eigenvalue weighted by Crippen LogP contribution is -1.98. The van der Waals surface area contributed by atoms with Gasteiger partial charge in [0.15, 0.2) is 0 Å². The van der Waals surface area contributed by atoms with Crippen molar-refractivity contribution in [3.05, 3.63) is 71.5 Å². The number of rotatable bonds is 4. The van der Waals surface area contributed by atoms with E-state index in [1.807, 2.05) is 66.7 Å². The van der Waals surface area contributed by atoms with E-state index in [1.165, 1.54) is 0 Å². The van der Waals surface area contributed by atoms with Gasteiger partial charge in [0.1, 0.15) is 6.61 Å². The molecule has 1 heterocycles. The Morgan fingerprint density at radius 1 is 0.952 bits per heavy atom. The predicted octanol–water partition coefficient (Wildman–Crippen LogP) is 4.38. The summed E-state index contributed by atoms with van der Waals surface area (Å²) in [4.78, 5) is 8.31. The molecule has 0 bridgehead atoms. The van der Waals surface area contributed by atoms with Gasteiger partial charge in [0, 0.05) is 0 Å². The minimum atomic E-state index is 0.190. The normalized spacial score (nSPS) is 11.1. The van der Waals surface area contributed by atoms with Crippen molar-refractivity contribution >= 4 is 28.6 Å². The Morgan fingerprint density at radius 3 is 2.57 bits per heavy atom. The molecule has 0 spiro atoms. The van der Waals surface area contributed by atoms with Crippen LogP contribution in [0.1, 0.15) is 5.56 Å². The molecule has 0 saturated heterocycles. The molecule has 0 N–H and O–H groups in total. The molecule has 3 nitrogen and oxygen atoms in total. The van der Waals surface area contributed by atoms with Gasteiger partial charge in [-0.2, -0.15) is 4.98 Å². The average Bonchev–Trinajstić information content (AvgIpc) is 2.52. The van der Waals surface area contributed by atoms with Gasteiger partial charge >= 0.3 is 0 Å². The monoisotopic (exact) mass is 296 g/mol. The highest BCUT2D eigenvalue weighted by Crippen LogP contribution is 2.23. The van der Waals surface area contributed by atoms with E-state index in [-0.39, 0.29) is 5.28 Å². The van der Waals surface area contributed by atoms with Crippen LogP contribution in [-0.2, 0) is 0 Å². The number of benzene rings is 2. The highest BCUT2D eigenvalue weighted by molar-refractivity contribution is 6.28. The summed E-state index contributed by atoms with van der Waals surface area (Å²) in [6, 6.07) is 17.7. The molecule has 0 fully saturated rings. The maximum atomic E-state index is 5.91. The molecule has 0 saturated carbocycles. The molecule has 0 aliphatic rings. The standard InChI is InChI=1S/C17H13ClN2O/c18-17-19-15-11-5-4-10-14(15)16(20-17)21-12-6-9-13-7-2-1-3-8-13/h1-11H,12H2. The molecule has 2 aromatic carbocycles. The Hall–Kier alpha value is -2.39. The number of aromatic nitrogens is 2. The number of fused-ring (bicyclic) bond motifs is 1. The smallest absolute Gasteiger partial charge is 0.226 e. The second-order valence-corrected chi connectivity index (χ2v) is 4.78. The van der Waals surface area contributed by atoms with Crippen LogP contribution in [-0.4, -0.2) is 16.6 Å². The van der Waals surface area contributed by atoms with Gasteiger partial charge < -0.3 is 4.74 Å². The van der Waals surface area contributed by atoms with Crippen LogP contribution in [0.4, 0.5) is 0 Å². The van der Waals surface area contributed by atoms with Crippen molar-refractivity contribution < 1.29 is 4.74 Å². The average molecular weight is 297 g/mol. The van der Waals surface area contributed by atoms with Crippen LogP contribution in [0.3, 0.4) is 0 Å². The Morgan fingerprint density at radius 2 is 1.71 bits per heavy atom. The highest BCUT2D eigenvalue weighted by atomic mass is 35.5. The minimum Gasteiger partial charge on any atom is -0.473 e. The molecular weight excluding hydrogens is 284 g/mol. The quantitative estimate of drug-likeness (QED) is 0.670. The van der Waals surface area contributed by atoms with Gasteiger partial charge in [-0.1, -0.05) is 48.5 Å². The first kappa shape index (κ1) is 13.6. The van der Waals surface area contributed by atoms with Crippen LogP contribution in [0.5, 0.6) is 5.88 Å². The lowest BCUT2D eigenvalue weighted by atomic mass is 10.2. The molecule has 0 aliphatic heterocycles. The second kappa shape index (κ2) is 6.37. The summed E-state index contributed by atoms with van der Waals surface area (Å²) in [6.07, 6.45) is 3.95. The summed E-state index contributed by atoms with van der Waals surface area (Å²) in [5, 5.41) is 1.05. The molecule has 1 aromatic heterocycles. The summed E-state index contributed by atoms with van der Waals surface area (Å²) >= 11 is 5.91. The Balaban J connectivity index is 1.75. The Labute approximate surface area is 127 Å². The predicted molar refractivity (Wildman–Crippen MR) is 85.5 cm³/mol. The minimum absolute atomic E-state index is 0.190. The molecule has 0 radical (unpaired) electrons. The van der Waals surface area contributed by atoms with E-state index in [0.717, 1.165) is 16.5 Å². The highest BCUT2D eigenvalue weighted by Gasteiger charge is 2.06. The van der Waals surface area contributed by atoms with Gasteiger partial charge in [0.2, 0.25) is 11.2 Å². The topological polar surface area (TPSA) is 35.0 Å². The SMILES string of the molecule is Clc1nc(OCC=Cc2ccccc2)c2ccccc2n1. The van der Waals surface area contributed by atoms with E-state index in [4.69, 9.17) is 16.3 Å². The first-order valence-corrected chi connectivity index (χ1v) is 6.97. The van der Waals surface area contributed by atoms with E-state index in [9.17, 15) is 0 Å². The van der Waals surface area contributed by atoms with Crippen molar-refractivity contribution in [2.45, 2.75) is 0 Å². The fraction of sp³-hybridized carbons (Fsp3) is 0.0588. The number of hydrogen-bond acceptors (Lipinski definition) is 3. The van der Waals surface area contributed by atoms with Gasteiger partial charge in [-0.3, -0.25) is 0 Å². The van der Waals surface area contributed by atoms with Gasteiger partial charge in [0.05, 0.1) is 10.9 Å². The molecule has 0 aliphatic carbocycles. The third-order valence-corrected chi connectivity index (χ3v) is 3.14. The molecule has 0 amide bonds. The zero-order valence-electron chi connectivity index (χ0n) is 11.2. The first-order valence-electron chi connectivity index (χ1n) is 6.59. The number of para-hydroxylation sites is 1. The number of ether oxygens (including phenoxy) is 1. The zero-order valence-corrected chi connectivity index (χ0v) is 12.0. The van der Waals surface area contributed by atoms with E-state index in [1.54, 1.807) is 0 Å². The molecule has 3 aromatic rings. The van der Waals surface area contributed by atoms with Crippen LogP contribution in [0.15, 0.2) is 60.7 Å². The lowest BCUT2D eigenvalue weighted by Gasteiger charge is -2.06. The third kappa shape index (κ3) is 3.38. The van der Waals surface area contributed by atoms with Gasteiger partial charge in [-0.25, -0.2) is 4.98 Å². The zero-order chi connectivity index (χ0) is 14.5. The van der Waals surface area contributed by atoms with Crippen LogP contribution in [0, 0.1) is 0 Å². The van der Waals surface area contributed by atoms with Crippen LogP contribution in [0.25, 0.3) is 17.0 Å². The number of hydrogen-bond donors (Lipinski definition) is 0. The van der Waals surface area contributed by atoms with Crippen molar-refractivity contribution in [2.24, 2.45) is 0 Å². The Kier molecular flexibility index (Phi) is 4.12. The molecular formula is C17H13ClN2O.